The quantitative estimate of drug-likeness (QED) is 0.592. The molecule has 1 atom stereocenters. The van der Waals surface area contributed by atoms with Crippen LogP contribution in [-0.2, 0) is 0 Å². The Morgan fingerprint density at radius 2 is 2.25 bits per heavy atom. The van der Waals surface area contributed by atoms with Crippen LogP contribution in [0.5, 0.6) is 0 Å². The van der Waals surface area contributed by atoms with Gasteiger partial charge in [0.25, 0.3) is 5.91 Å². The predicted molar refractivity (Wildman–Crippen MR) is 96.3 cm³/mol. The highest BCUT2D eigenvalue weighted by atomic mass is 127. The maximum atomic E-state index is 12.5. The monoisotopic (exact) mass is 463 g/mol. The molecule has 2 aromatic rings. The topological polar surface area (TPSA) is 29.1 Å². The summed E-state index contributed by atoms with van der Waals surface area (Å²) in [6.07, 6.45) is 1.99. The standard InChI is InChI=1S/C15H15BrINOS/c1-2-4-13(14-5-3-8-20-14)18-15(19)11-9-10(17)6-7-12(11)16/h3,5-9,13H,2,4H2,1H3,(H,18,19). The average molecular weight is 464 g/mol. The van der Waals surface area contributed by atoms with Crippen LogP contribution in [0.25, 0.3) is 0 Å². The molecule has 20 heavy (non-hydrogen) atoms. The van der Waals surface area contributed by atoms with Gasteiger partial charge in [0.15, 0.2) is 0 Å². The normalized spacial score (nSPS) is 12.2. The molecule has 2 nitrogen and oxygen atoms in total. The van der Waals surface area contributed by atoms with Gasteiger partial charge in [-0.3, -0.25) is 4.79 Å². The minimum absolute atomic E-state index is 0.0257. The average Bonchev–Trinajstić information content (AvgIpc) is 2.95. The van der Waals surface area contributed by atoms with E-state index in [0.717, 1.165) is 20.9 Å². The highest BCUT2D eigenvalue weighted by Gasteiger charge is 2.17. The van der Waals surface area contributed by atoms with E-state index in [4.69, 9.17) is 0 Å². The van der Waals surface area contributed by atoms with Gasteiger partial charge in [0.05, 0.1) is 11.6 Å². The number of amides is 1. The lowest BCUT2D eigenvalue weighted by atomic mass is 10.1. The molecule has 0 aliphatic carbocycles. The first-order valence-corrected chi connectivity index (χ1v) is 9.16. The van der Waals surface area contributed by atoms with Crippen LogP contribution in [-0.4, -0.2) is 5.91 Å². The summed E-state index contributed by atoms with van der Waals surface area (Å²) in [7, 11) is 0. The molecule has 1 aromatic carbocycles. The molecular formula is C15H15BrINOS. The zero-order valence-corrected chi connectivity index (χ0v) is 15.6. The first kappa shape index (κ1) is 16.0. The largest absolute Gasteiger partial charge is 0.344 e. The fraction of sp³-hybridized carbons (Fsp3) is 0.267. The Morgan fingerprint density at radius 3 is 2.90 bits per heavy atom. The van der Waals surface area contributed by atoms with Crippen molar-refractivity contribution in [1.29, 1.82) is 0 Å². The van der Waals surface area contributed by atoms with Crippen molar-refractivity contribution in [2.24, 2.45) is 0 Å². The van der Waals surface area contributed by atoms with Crippen LogP contribution < -0.4 is 5.32 Å². The first-order valence-electron chi connectivity index (χ1n) is 6.41. The van der Waals surface area contributed by atoms with Gasteiger partial charge in [-0.25, -0.2) is 0 Å². The fourth-order valence-corrected chi connectivity index (χ4v) is 3.70. The second-order valence-corrected chi connectivity index (χ2v) is 7.53. The Hall–Kier alpha value is -0.400. The molecule has 0 radical (unpaired) electrons. The van der Waals surface area contributed by atoms with Crippen LogP contribution in [0, 0.1) is 3.57 Å². The predicted octanol–water partition coefficient (Wildman–Crippen LogP) is 5.39. The van der Waals surface area contributed by atoms with E-state index in [1.54, 1.807) is 11.3 Å². The van der Waals surface area contributed by atoms with Gasteiger partial charge < -0.3 is 5.32 Å². The summed E-state index contributed by atoms with van der Waals surface area (Å²) >= 11 is 7.35. The zero-order valence-electron chi connectivity index (χ0n) is 11.0. The molecule has 0 saturated heterocycles. The number of halogens is 2. The summed E-state index contributed by atoms with van der Waals surface area (Å²) in [5.41, 5.74) is 0.689. The summed E-state index contributed by atoms with van der Waals surface area (Å²) in [5, 5.41) is 5.19. The molecule has 0 saturated carbocycles. The number of benzene rings is 1. The SMILES string of the molecule is CCCC(NC(=O)c1cc(I)ccc1Br)c1cccs1. The van der Waals surface area contributed by atoms with E-state index in [2.05, 4.69) is 56.8 Å². The lowest BCUT2D eigenvalue weighted by molar-refractivity contribution is 0.0934. The summed E-state index contributed by atoms with van der Waals surface area (Å²) < 4.78 is 1.89. The van der Waals surface area contributed by atoms with Gasteiger partial charge in [0.1, 0.15) is 0 Å². The highest BCUT2D eigenvalue weighted by molar-refractivity contribution is 14.1. The molecule has 1 aromatic heterocycles. The highest BCUT2D eigenvalue weighted by Crippen LogP contribution is 2.25. The number of rotatable bonds is 5. The molecule has 2 rings (SSSR count). The van der Waals surface area contributed by atoms with E-state index in [0.29, 0.717) is 5.56 Å². The molecule has 5 heteroatoms. The van der Waals surface area contributed by atoms with Crippen molar-refractivity contribution in [3.8, 4) is 0 Å². The van der Waals surface area contributed by atoms with E-state index >= 15 is 0 Å². The molecule has 0 fully saturated rings. The minimum Gasteiger partial charge on any atom is -0.344 e. The second kappa shape index (κ2) is 7.56. The number of thiophene rings is 1. The third kappa shape index (κ3) is 4.05. The van der Waals surface area contributed by atoms with Crippen LogP contribution >= 0.6 is 49.9 Å². The number of hydrogen-bond acceptors (Lipinski definition) is 2. The number of hydrogen-bond donors (Lipinski definition) is 1. The molecule has 1 unspecified atom stereocenters. The van der Waals surface area contributed by atoms with Crippen LogP contribution in [0.4, 0.5) is 0 Å². The van der Waals surface area contributed by atoms with E-state index in [1.807, 2.05) is 29.6 Å². The molecule has 0 aliphatic heterocycles. The van der Waals surface area contributed by atoms with Crippen LogP contribution in [0.2, 0.25) is 0 Å². The lowest BCUT2D eigenvalue weighted by Crippen LogP contribution is -2.28. The lowest BCUT2D eigenvalue weighted by Gasteiger charge is -2.17. The molecule has 0 bridgehead atoms. The van der Waals surface area contributed by atoms with Crippen molar-refractivity contribution in [2.45, 2.75) is 25.8 Å². The summed E-state index contributed by atoms with van der Waals surface area (Å²) in [6, 6.07) is 9.99. The van der Waals surface area contributed by atoms with Crippen molar-refractivity contribution in [1.82, 2.24) is 5.32 Å². The van der Waals surface area contributed by atoms with Crippen molar-refractivity contribution < 1.29 is 4.79 Å². The van der Waals surface area contributed by atoms with Gasteiger partial charge in [-0.05, 0) is 74.6 Å². The number of nitrogens with one attached hydrogen (secondary N) is 1. The molecule has 0 aliphatic rings. The van der Waals surface area contributed by atoms with Gasteiger partial charge in [0.2, 0.25) is 0 Å². The van der Waals surface area contributed by atoms with Crippen molar-refractivity contribution >= 4 is 55.8 Å². The van der Waals surface area contributed by atoms with E-state index in [-0.39, 0.29) is 11.9 Å². The third-order valence-electron chi connectivity index (χ3n) is 2.94. The van der Waals surface area contributed by atoms with Crippen molar-refractivity contribution in [3.05, 3.63) is 54.2 Å². The van der Waals surface area contributed by atoms with Crippen LogP contribution in [0.15, 0.2) is 40.2 Å². The zero-order chi connectivity index (χ0) is 14.5. The molecule has 1 amide bonds. The molecule has 1 heterocycles. The Bertz CT molecular complexity index is 586. The maximum Gasteiger partial charge on any atom is 0.252 e. The molecule has 1 N–H and O–H groups in total. The van der Waals surface area contributed by atoms with Crippen molar-refractivity contribution in [2.75, 3.05) is 0 Å². The Kier molecular flexibility index (Phi) is 6.04. The number of carbonyl (C=O) groups is 1. The fourth-order valence-electron chi connectivity index (χ4n) is 1.97. The van der Waals surface area contributed by atoms with Crippen LogP contribution in [0.3, 0.4) is 0 Å². The van der Waals surface area contributed by atoms with Gasteiger partial charge in [-0.1, -0.05) is 19.4 Å². The molecule has 0 spiro atoms. The smallest absolute Gasteiger partial charge is 0.252 e. The molecule has 106 valence electrons. The van der Waals surface area contributed by atoms with E-state index in [1.165, 1.54) is 4.88 Å². The van der Waals surface area contributed by atoms with Gasteiger partial charge in [-0.2, -0.15) is 0 Å². The Morgan fingerprint density at radius 1 is 1.45 bits per heavy atom. The minimum atomic E-state index is -0.0257. The molecular weight excluding hydrogens is 449 g/mol. The van der Waals surface area contributed by atoms with Gasteiger partial charge in [0, 0.05) is 12.9 Å². The first-order chi connectivity index (χ1) is 9.61. The Labute approximate surface area is 145 Å². The Balaban J connectivity index is 2.18. The van der Waals surface area contributed by atoms with Gasteiger partial charge >= 0.3 is 0 Å². The van der Waals surface area contributed by atoms with Gasteiger partial charge in [-0.15, -0.1) is 11.3 Å². The maximum absolute atomic E-state index is 12.5. The number of carbonyl (C=O) groups excluding carboxylic acids is 1. The van der Waals surface area contributed by atoms with Crippen LogP contribution in [0.1, 0.15) is 41.0 Å². The van der Waals surface area contributed by atoms with E-state index < -0.39 is 0 Å². The summed E-state index contributed by atoms with van der Waals surface area (Å²) in [4.78, 5) is 13.7. The summed E-state index contributed by atoms with van der Waals surface area (Å²) in [6.45, 7) is 2.13. The van der Waals surface area contributed by atoms with E-state index in [9.17, 15) is 4.79 Å². The van der Waals surface area contributed by atoms with Crippen molar-refractivity contribution in [3.63, 3.8) is 0 Å². The third-order valence-corrected chi connectivity index (χ3v) is 5.29. The second-order valence-electron chi connectivity index (χ2n) is 4.45. The summed E-state index contributed by atoms with van der Waals surface area (Å²) in [5.74, 6) is -0.0257.